The predicted octanol–water partition coefficient (Wildman–Crippen LogP) is 1.77. The minimum absolute atomic E-state index is 0.230. The maximum absolute atomic E-state index is 11.0. The van der Waals surface area contributed by atoms with E-state index in [1.165, 1.54) is 11.1 Å². The summed E-state index contributed by atoms with van der Waals surface area (Å²) in [5, 5.41) is 12.7. The number of fused-ring (bicyclic) bond motifs is 3. The molecule has 0 amide bonds. The van der Waals surface area contributed by atoms with Crippen molar-refractivity contribution in [2.24, 2.45) is 5.92 Å². The number of carboxylic acids is 1. The van der Waals surface area contributed by atoms with Gasteiger partial charge < -0.3 is 9.63 Å². The molecule has 1 aromatic heterocycles. The molecule has 4 rings (SSSR count). The summed E-state index contributed by atoms with van der Waals surface area (Å²) in [5.41, 5.74) is 4.66. The molecular weight excluding hydrogens is 296 g/mol. The zero-order valence-corrected chi connectivity index (χ0v) is 12.5. The topological polar surface area (TPSA) is 83.6 Å². The Morgan fingerprint density at radius 2 is 2.22 bits per heavy atom. The van der Waals surface area contributed by atoms with Crippen molar-refractivity contribution in [3.05, 3.63) is 40.6 Å². The van der Waals surface area contributed by atoms with Gasteiger partial charge in [-0.05, 0) is 24.0 Å². The monoisotopic (exact) mass is 312 g/mol. The number of carbonyl (C=O) groups excluding carboxylic acids is 1. The van der Waals surface area contributed by atoms with Crippen molar-refractivity contribution in [1.29, 1.82) is 0 Å². The molecule has 1 aliphatic carbocycles. The summed E-state index contributed by atoms with van der Waals surface area (Å²) in [6.07, 6.45) is 2.36. The zero-order chi connectivity index (χ0) is 16.0. The second kappa shape index (κ2) is 5.31. The number of aryl methyl sites for hydroxylation is 1. The summed E-state index contributed by atoms with van der Waals surface area (Å²) in [6.45, 7) is 1.99. The molecule has 1 saturated heterocycles. The van der Waals surface area contributed by atoms with Crippen LogP contribution in [0.1, 0.15) is 27.2 Å². The van der Waals surface area contributed by atoms with Crippen LogP contribution in [0.4, 0.5) is 0 Å². The maximum Gasteiger partial charge on any atom is 0.309 e. The lowest BCUT2D eigenvalue weighted by Gasteiger charge is -2.36. The van der Waals surface area contributed by atoms with Crippen LogP contribution in [0.2, 0.25) is 0 Å². The molecule has 0 spiro atoms. The Balaban J connectivity index is 1.54. The van der Waals surface area contributed by atoms with Gasteiger partial charge in [0, 0.05) is 30.8 Å². The number of nitrogens with zero attached hydrogens (tertiary/aromatic N) is 2. The first-order valence-corrected chi connectivity index (χ1v) is 7.66. The summed E-state index contributed by atoms with van der Waals surface area (Å²) >= 11 is 0. The van der Waals surface area contributed by atoms with Crippen LogP contribution >= 0.6 is 0 Å². The van der Waals surface area contributed by atoms with Gasteiger partial charge in [-0.3, -0.25) is 14.5 Å². The molecular formula is C17H16N2O4. The van der Waals surface area contributed by atoms with Crippen LogP contribution in [0.5, 0.6) is 0 Å². The Kier molecular flexibility index (Phi) is 3.27. The quantitative estimate of drug-likeness (QED) is 0.866. The summed E-state index contributed by atoms with van der Waals surface area (Å²) in [5.74, 6) is -0.239. The van der Waals surface area contributed by atoms with Gasteiger partial charge in [-0.2, -0.15) is 0 Å². The number of rotatable bonds is 4. The van der Waals surface area contributed by atoms with E-state index in [1.54, 1.807) is 0 Å². The van der Waals surface area contributed by atoms with Crippen LogP contribution in [0.15, 0.2) is 22.7 Å². The van der Waals surface area contributed by atoms with Gasteiger partial charge in [0.05, 0.1) is 5.92 Å². The maximum atomic E-state index is 11.0. The predicted molar refractivity (Wildman–Crippen MR) is 81.1 cm³/mol. The number of hydrogen-bond acceptors (Lipinski definition) is 5. The van der Waals surface area contributed by atoms with E-state index in [0.29, 0.717) is 24.5 Å². The molecule has 118 valence electrons. The fourth-order valence-corrected chi connectivity index (χ4v) is 3.41. The first-order chi connectivity index (χ1) is 11.2. The third kappa shape index (κ3) is 2.35. The largest absolute Gasteiger partial charge is 0.481 e. The summed E-state index contributed by atoms with van der Waals surface area (Å²) in [4.78, 5) is 24.0. The van der Waals surface area contributed by atoms with Crippen molar-refractivity contribution in [2.75, 3.05) is 13.1 Å². The molecule has 1 aromatic carbocycles. The van der Waals surface area contributed by atoms with Crippen molar-refractivity contribution >= 4 is 12.3 Å². The van der Waals surface area contributed by atoms with Crippen LogP contribution in [0.25, 0.3) is 11.3 Å². The van der Waals surface area contributed by atoms with Gasteiger partial charge in [0.25, 0.3) is 0 Å². The number of carboxylic acid groups (broad SMARTS) is 1. The van der Waals surface area contributed by atoms with E-state index in [-0.39, 0.29) is 5.92 Å². The van der Waals surface area contributed by atoms with Crippen LogP contribution in [-0.4, -0.2) is 40.5 Å². The second-order valence-corrected chi connectivity index (χ2v) is 6.21. The third-order valence-corrected chi connectivity index (χ3v) is 4.70. The molecule has 1 aliphatic heterocycles. The Labute approximate surface area is 132 Å². The Bertz CT molecular complexity index is 790. The van der Waals surface area contributed by atoms with Gasteiger partial charge in [0.2, 0.25) is 0 Å². The van der Waals surface area contributed by atoms with Gasteiger partial charge >= 0.3 is 5.97 Å². The molecule has 23 heavy (non-hydrogen) atoms. The van der Waals surface area contributed by atoms with Crippen molar-refractivity contribution < 1.29 is 19.2 Å². The smallest absolute Gasteiger partial charge is 0.309 e. The number of aliphatic carboxylic acids is 1. The number of aldehydes is 1. The summed E-state index contributed by atoms with van der Waals surface area (Å²) < 4.78 is 5.34. The Hall–Kier alpha value is -2.47. The Morgan fingerprint density at radius 3 is 2.96 bits per heavy atom. The molecule has 0 bridgehead atoms. The average Bonchev–Trinajstić information content (AvgIpc) is 2.93. The van der Waals surface area contributed by atoms with E-state index in [4.69, 9.17) is 9.63 Å². The SMILES string of the molecule is O=Cc1noc2c1CCc1cc(CN3CC(C(=O)O)C3)ccc1-2. The lowest BCUT2D eigenvalue weighted by molar-refractivity contribution is -0.147. The van der Waals surface area contributed by atoms with E-state index in [9.17, 15) is 9.59 Å². The number of aromatic nitrogens is 1. The number of likely N-dealkylation sites (tertiary alicyclic amines) is 1. The summed E-state index contributed by atoms with van der Waals surface area (Å²) in [6, 6.07) is 6.19. The lowest BCUT2D eigenvalue weighted by Crippen LogP contribution is -2.49. The van der Waals surface area contributed by atoms with E-state index >= 15 is 0 Å². The first kappa shape index (κ1) is 14.1. The van der Waals surface area contributed by atoms with Gasteiger partial charge in [-0.15, -0.1) is 0 Å². The number of benzene rings is 1. The van der Waals surface area contributed by atoms with Crippen LogP contribution < -0.4 is 0 Å². The minimum atomic E-state index is -0.712. The normalized spacial score (nSPS) is 17.2. The molecule has 1 N–H and O–H groups in total. The number of carbonyl (C=O) groups is 2. The molecule has 2 aliphatic rings. The third-order valence-electron chi connectivity index (χ3n) is 4.70. The van der Waals surface area contributed by atoms with Crippen molar-refractivity contribution in [3.63, 3.8) is 0 Å². The highest BCUT2D eigenvalue weighted by Gasteiger charge is 2.32. The molecule has 0 saturated carbocycles. The fraction of sp³-hybridized carbons (Fsp3) is 0.353. The Morgan fingerprint density at radius 1 is 1.39 bits per heavy atom. The standard InChI is InChI=1S/C17H16N2O4/c20-9-15-14-4-2-11-5-10(1-3-13(11)16(14)23-18-15)6-19-7-12(8-19)17(21)22/h1,3,5,9,12H,2,4,6-8H2,(H,21,22). The molecule has 6 nitrogen and oxygen atoms in total. The highest BCUT2D eigenvalue weighted by molar-refractivity contribution is 5.80. The highest BCUT2D eigenvalue weighted by atomic mass is 16.5. The minimum Gasteiger partial charge on any atom is -0.481 e. The van der Waals surface area contributed by atoms with Crippen LogP contribution in [0.3, 0.4) is 0 Å². The van der Waals surface area contributed by atoms with Crippen molar-refractivity contribution in [1.82, 2.24) is 10.1 Å². The summed E-state index contributed by atoms with van der Waals surface area (Å²) in [7, 11) is 0. The molecule has 1 fully saturated rings. The zero-order valence-electron chi connectivity index (χ0n) is 12.5. The van der Waals surface area contributed by atoms with Crippen LogP contribution in [0, 0.1) is 5.92 Å². The van der Waals surface area contributed by atoms with Crippen molar-refractivity contribution in [2.45, 2.75) is 19.4 Å². The van der Waals surface area contributed by atoms with E-state index < -0.39 is 5.97 Å². The fourth-order valence-electron chi connectivity index (χ4n) is 3.41. The lowest BCUT2D eigenvalue weighted by atomic mass is 9.88. The van der Waals surface area contributed by atoms with Gasteiger partial charge in [0.1, 0.15) is 5.69 Å². The average molecular weight is 312 g/mol. The molecule has 2 aromatic rings. The highest BCUT2D eigenvalue weighted by Crippen LogP contribution is 2.35. The first-order valence-electron chi connectivity index (χ1n) is 7.66. The van der Waals surface area contributed by atoms with Gasteiger partial charge in [0.15, 0.2) is 12.0 Å². The molecule has 2 heterocycles. The molecule has 0 unspecified atom stereocenters. The molecule has 0 radical (unpaired) electrons. The van der Waals surface area contributed by atoms with Crippen molar-refractivity contribution in [3.8, 4) is 11.3 Å². The van der Waals surface area contributed by atoms with Gasteiger partial charge in [-0.1, -0.05) is 23.4 Å². The molecule has 0 atom stereocenters. The van der Waals surface area contributed by atoms with E-state index in [1.807, 2.05) is 12.1 Å². The van der Waals surface area contributed by atoms with Gasteiger partial charge in [-0.25, -0.2) is 0 Å². The number of hydrogen-bond donors (Lipinski definition) is 1. The second-order valence-electron chi connectivity index (χ2n) is 6.21. The van der Waals surface area contributed by atoms with Crippen LogP contribution in [-0.2, 0) is 24.2 Å². The van der Waals surface area contributed by atoms with E-state index in [0.717, 1.165) is 36.8 Å². The van der Waals surface area contributed by atoms with E-state index in [2.05, 4.69) is 16.1 Å². The molecule has 6 heteroatoms.